The van der Waals surface area contributed by atoms with Crippen molar-refractivity contribution in [1.29, 1.82) is 5.41 Å². The standard InChI is InChI=1S/C9H15F2N5.ClH/c10-9(11)3-4-16(5-9)8(13)15-7(12)14-6-1-2-6;/h6H,1-5H2,(H4,12,13,14,15);1H. The van der Waals surface area contributed by atoms with Gasteiger partial charge in [0, 0.05) is 13.0 Å². The fourth-order valence-electron chi connectivity index (χ4n) is 1.56. The number of nitrogens with zero attached hydrogens (tertiary/aromatic N) is 2. The summed E-state index contributed by atoms with van der Waals surface area (Å²) in [5, 5.41) is 10.1. The van der Waals surface area contributed by atoms with Gasteiger partial charge >= 0.3 is 0 Å². The summed E-state index contributed by atoms with van der Waals surface area (Å²) < 4.78 is 25.8. The third kappa shape index (κ3) is 3.99. The smallest absolute Gasteiger partial charge is 0.267 e. The van der Waals surface area contributed by atoms with Crippen molar-refractivity contribution in [2.24, 2.45) is 10.7 Å². The lowest BCUT2D eigenvalue weighted by Gasteiger charge is -2.19. The topological polar surface area (TPSA) is 77.5 Å². The van der Waals surface area contributed by atoms with Crippen LogP contribution in [0.3, 0.4) is 0 Å². The summed E-state index contributed by atoms with van der Waals surface area (Å²) in [6.45, 7) is -0.245. The zero-order valence-electron chi connectivity index (χ0n) is 9.25. The van der Waals surface area contributed by atoms with Crippen molar-refractivity contribution < 1.29 is 8.78 Å². The Balaban J connectivity index is 0.00000144. The van der Waals surface area contributed by atoms with Gasteiger partial charge in [0.05, 0.1) is 12.6 Å². The van der Waals surface area contributed by atoms with Gasteiger partial charge in [-0.2, -0.15) is 0 Å². The number of alkyl halides is 2. The van der Waals surface area contributed by atoms with E-state index in [1.165, 1.54) is 4.90 Å². The Bertz CT molecular complexity index is 329. The first-order valence-electron chi connectivity index (χ1n) is 5.28. The Labute approximate surface area is 104 Å². The summed E-state index contributed by atoms with van der Waals surface area (Å²) in [5.74, 6) is -2.65. The first-order chi connectivity index (χ1) is 7.46. The molecule has 1 aliphatic heterocycles. The quantitative estimate of drug-likeness (QED) is 0.485. The molecule has 0 unspecified atom stereocenters. The second-order valence-electron chi connectivity index (χ2n) is 4.25. The molecule has 2 rings (SSSR count). The van der Waals surface area contributed by atoms with Gasteiger partial charge in [0.25, 0.3) is 5.92 Å². The van der Waals surface area contributed by atoms with Gasteiger partial charge < -0.3 is 10.6 Å². The van der Waals surface area contributed by atoms with E-state index in [0.29, 0.717) is 0 Å². The maximum atomic E-state index is 12.9. The van der Waals surface area contributed by atoms with Crippen molar-refractivity contribution in [2.45, 2.75) is 31.2 Å². The zero-order chi connectivity index (χ0) is 11.8. The number of nitrogens with one attached hydrogen (secondary N) is 2. The highest BCUT2D eigenvalue weighted by atomic mass is 35.5. The molecule has 1 heterocycles. The minimum Gasteiger partial charge on any atom is -0.370 e. The molecule has 0 aromatic carbocycles. The number of hydrogen-bond donors (Lipinski definition) is 3. The average molecular weight is 268 g/mol. The number of halogens is 3. The third-order valence-corrected chi connectivity index (χ3v) is 2.60. The van der Waals surface area contributed by atoms with Gasteiger partial charge in [0.2, 0.25) is 0 Å². The average Bonchev–Trinajstić information content (AvgIpc) is 2.88. The Kier molecular flexibility index (Phi) is 4.13. The van der Waals surface area contributed by atoms with Crippen molar-refractivity contribution in [3.63, 3.8) is 0 Å². The predicted octanol–water partition coefficient (Wildman–Crippen LogP) is 0.751. The van der Waals surface area contributed by atoms with Crippen molar-refractivity contribution in [1.82, 2.24) is 10.2 Å². The van der Waals surface area contributed by atoms with Crippen LogP contribution in [0.5, 0.6) is 0 Å². The Morgan fingerprint density at radius 2 is 2.12 bits per heavy atom. The fourth-order valence-corrected chi connectivity index (χ4v) is 1.56. The molecule has 4 N–H and O–H groups in total. The Morgan fingerprint density at radius 1 is 1.47 bits per heavy atom. The normalized spacial score (nSPS) is 23.2. The van der Waals surface area contributed by atoms with Crippen LogP contribution in [0.2, 0.25) is 0 Å². The summed E-state index contributed by atoms with van der Waals surface area (Å²) in [4.78, 5) is 5.34. The first-order valence-corrected chi connectivity index (χ1v) is 5.28. The molecule has 17 heavy (non-hydrogen) atoms. The van der Waals surface area contributed by atoms with Crippen molar-refractivity contribution in [3.8, 4) is 0 Å². The predicted molar refractivity (Wildman–Crippen MR) is 63.9 cm³/mol. The van der Waals surface area contributed by atoms with Gasteiger partial charge in [-0.05, 0) is 12.8 Å². The van der Waals surface area contributed by atoms with Crippen LogP contribution in [-0.2, 0) is 0 Å². The second kappa shape index (κ2) is 5.03. The minimum absolute atomic E-state index is 0. The first kappa shape index (κ1) is 14.0. The van der Waals surface area contributed by atoms with Gasteiger partial charge in [0.15, 0.2) is 11.9 Å². The maximum Gasteiger partial charge on any atom is 0.267 e. The molecule has 0 amide bonds. The second-order valence-corrected chi connectivity index (χ2v) is 4.25. The molecule has 0 spiro atoms. The van der Waals surface area contributed by atoms with E-state index in [1.54, 1.807) is 0 Å². The largest absolute Gasteiger partial charge is 0.370 e. The van der Waals surface area contributed by atoms with E-state index in [4.69, 9.17) is 11.1 Å². The third-order valence-electron chi connectivity index (χ3n) is 2.60. The summed E-state index contributed by atoms with van der Waals surface area (Å²) in [6, 6.07) is 0.250. The molecule has 2 aliphatic rings. The van der Waals surface area contributed by atoms with E-state index < -0.39 is 12.5 Å². The highest BCUT2D eigenvalue weighted by Crippen LogP contribution is 2.26. The molecule has 5 nitrogen and oxygen atoms in total. The SMILES string of the molecule is Cl.N=C(NC(N)=NC1CC1)N1CCC(F)(F)C1. The van der Waals surface area contributed by atoms with Crippen LogP contribution in [0.1, 0.15) is 19.3 Å². The number of rotatable bonds is 1. The van der Waals surface area contributed by atoms with Gasteiger partial charge in [-0.25, -0.2) is 13.8 Å². The molecule has 0 aromatic heterocycles. The van der Waals surface area contributed by atoms with Crippen LogP contribution < -0.4 is 11.1 Å². The monoisotopic (exact) mass is 267 g/mol. The molecule has 0 bridgehead atoms. The van der Waals surface area contributed by atoms with E-state index >= 15 is 0 Å². The molecule has 2 fully saturated rings. The Hall–Kier alpha value is -1.11. The number of likely N-dealkylation sites (tertiary alicyclic amines) is 1. The van der Waals surface area contributed by atoms with Crippen molar-refractivity contribution in [2.75, 3.05) is 13.1 Å². The summed E-state index contributed by atoms with van der Waals surface area (Å²) in [5.41, 5.74) is 5.53. The molecular formula is C9H16ClF2N5. The summed E-state index contributed by atoms with van der Waals surface area (Å²) >= 11 is 0. The molecule has 1 saturated heterocycles. The van der Waals surface area contributed by atoms with E-state index in [2.05, 4.69) is 10.3 Å². The van der Waals surface area contributed by atoms with Crippen LogP contribution in [0.15, 0.2) is 4.99 Å². The number of nitrogens with two attached hydrogens (primary N) is 1. The van der Waals surface area contributed by atoms with Gasteiger partial charge in [-0.1, -0.05) is 0 Å². The minimum atomic E-state index is -2.70. The van der Waals surface area contributed by atoms with Crippen LogP contribution in [0, 0.1) is 5.41 Å². The lowest BCUT2D eigenvalue weighted by molar-refractivity contribution is 0.0173. The van der Waals surface area contributed by atoms with Gasteiger partial charge in [0.1, 0.15) is 0 Å². The molecule has 0 radical (unpaired) electrons. The lowest BCUT2D eigenvalue weighted by Crippen LogP contribution is -2.46. The number of hydrogen-bond acceptors (Lipinski definition) is 2. The van der Waals surface area contributed by atoms with E-state index in [0.717, 1.165) is 12.8 Å². The highest BCUT2D eigenvalue weighted by molar-refractivity contribution is 5.96. The molecule has 1 saturated carbocycles. The highest BCUT2D eigenvalue weighted by Gasteiger charge is 2.39. The van der Waals surface area contributed by atoms with Crippen LogP contribution >= 0.6 is 12.4 Å². The zero-order valence-corrected chi connectivity index (χ0v) is 10.1. The van der Waals surface area contributed by atoms with Crippen LogP contribution in [0.25, 0.3) is 0 Å². The van der Waals surface area contributed by atoms with E-state index in [9.17, 15) is 8.78 Å². The summed E-state index contributed by atoms with van der Waals surface area (Å²) in [6.07, 6.45) is 1.81. The number of guanidine groups is 2. The molecule has 1 aliphatic carbocycles. The fraction of sp³-hybridized carbons (Fsp3) is 0.778. The Morgan fingerprint density at radius 3 is 2.59 bits per heavy atom. The molecule has 0 atom stereocenters. The molecule has 98 valence electrons. The number of aliphatic imine (C=N–C) groups is 1. The van der Waals surface area contributed by atoms with E-state index in [-0.39, 0.29) is 43.3 Å². The molecule has 8 heteroatoms. The van der Waals surface area contributed by atoms with Crippen LogP contribution in [-0.4, -0.2) is 41.9 Å². The van der Waals surface area contributed by atoms with Crippen LogP contribution in [0.4, 0.5) is 8.78 Å². The van der Waals surface area contributed by atoms with Crippen molar-refractivity contribution >= 4 is 24.3 Å². The maximum absolute atomic E-state index is 12.9. The van der Waals surface area contributed by atoms with Gasteiger partial charge in [-0.3, -0.25) is 10.7 Å². The van der Waals surface area contributed by atoms with Gasteiger partial charge in [-0.15, -0.1) is 12.4 Å². The molecule has 0 aromatic rings. The van der Waals surface area contributed by atoms with E-state index in [1.807, 2.05) is 0 Å². The summed E-state index contributed by atoms with van der Waals surface area (Å²) in [7, 11) is 0. The molecular weight excluding hydrogens is 252 g/mol. The van der Waals surface area contributed by atoms with Crippen molar-refractivity contribution in [3.05, 3.63) is 0 Å². The lowest BCUT2D eigenvalue weighted by atomic mass is 10.3.